The summed E-state index contributed by atoms with van der Waals surface area (Å²) in [5, 5.41) is 13.1. The van der Waals surface area contributed by atoms with Gasteiger partial charge in [-0.1, -0.05) is 50.5 Å². The lowest BCUT2D eigenvalue weighted by molar-refractivity contribution is 0.0488. The van der Waals surface area contributed by atoms with Crippen molar-refractivity contribution in [2.75, 3.05) is 6.54 Å². The summed E-state index contributed by atoms with van der Waals surface area (Å²) in [5.74, 6) is -0.239. The maximum Gasteiger partial charge on any atom is 0.193 e. The van der Waals surface area contributed by atoms with E-state index >= 15 is 0 Å². The van der Waals surface area contributed by atoms with Gasteiger partial charge in [0.1, 0.15) is 5.60 Å². The molecule has 0 bridgehead atoms. The number of Topliss-reactive ketones (excluding diaryl/α,β-unsaturated/α-hetero) is 1. The third-order valence-electron chi connectivity index (χ3n) is 3.31. The SMILES string of the molecule is CCCCCCNCc1ccc(C(=O)C(C)(C)O)cc1. The second-order valence-corrected chi connectivity index (χ2v) is 5.82. The van der Waals surface area contributed by atoms with Crippen molar-refractivity contribution in [1.29, 1.82) is 0 Å². The lowest BCUT2D eigenvalue weighted by Gasteiger charge is -2.15. The number of carbonyl (C=O) groups excluding carboxylic acids is 1. The fourth-order valence-corrected chi connectivity index (χ4v) is 2.04. The van der Waals surface area contributed by atoms with Crippen LogP contribution in [0.5, 0.6) is 0 Å². The molecule has 20 heavy (non-hydrogen) atoms. The first-order valence-corrected chi connectivity index (χ1v) is 7.52. The van der Waals surface area contributed by atoms with Crippen molar-refractivity contribution in [3.63, 3.8) is 0 Å². The van der Waals surface area contributed by atoms with Crippen molar-refractivity contribution < 1.29 is 9.90 Å². The van der Waals surface area contributed by atoms with E-state index in [0.29, 0.717) is 5.56 Å². The van der Waals surface area contributed by atoms with Crippen molar-refractivity contribution in [2.24, 2.45) is 0 Å². The molecule has 0 heterocycles. The number of benzene rings is 1. The average molecular weight is 277 g/mol. The first kappa shape index (κ1) is 16.9. The van der Waals surface area contributed by atoms with Gasteiger partial charge in [-0.25, -0.2) is 0 Å². The van der Waals surface area contributed by atoms with Crippen molar-refractivity contribution in [2.45, 2.75) is 58.6 Å². The van der Waals surface area contributed by atoms with Gasteiger partial charge in [-0.2, -0.15) is 0 Å². The zero-order chi connectivity index (χ0) is 15.0. The van der Waals surface area contributed by atoms with Gasteiger partial charge in [-0.3, -0.25) is 4.79 Å². The number of ketones is 1. The Morgan fingerprint density at radius 2 is 1.80 bits per heavy atom. The molecular formula is C17H27NO2. The maximum atomic E-state index is 11.9. The van der Waals surface area contributed by atoms with Gasteiger partial charge in [0.15, 0.2) is 5.78 Å². The van der Waals surface area contributed by atoms with Crippen molar-refractivity contribution in [3.05, 3.63) is 35.4 Å². The van der Waals surface area contributed by atoms with E-state index in [2.05, 4.69) is 12.2 Å². The van der Waals surface area contributed by atoms with E-state index in [1.165, 1.54) is 39.5 Å². The monoisotopic (exact) mass is 277 g/mol. The number of hydrogen-bond donors (Lipinski definition) is 2. The van der Waals surface area contributed by atoms with Crippen LogP contribution in [0.15, 0.2) is 24.3 Å². The molecule has 0 unspecified atom stereocenters. The average Bonchev–Trinajstić information content (AvgIpc) is 2.41. The maximum absolute atomic E-state index is 11.9. The number of carbonyl (C=O) groups is 1. The molecular weight excluding hydrogens is 250 g/mol. The first-order chi connectivity index (χ1) is 9.45. The largest absolute Gasteiger partial charge is 0.382 e. The fraction of sp³-hybridized carbons (Fsp3) is 0.588. The predicted molar refractivity (Wildman–Crippen MR) is 82.9 cm³/mol. The summed E-state index contributed by atoms with van der Waals surface area (Å²) in [6, 6.07) is 7.46. The number of aliphatic hydroxyl groups is 1. The van der Waals surface area contributed by atoms with Gasteiger partial charge < -0.3 is 10.4 Å². The van der Waals surface area contributed by atoms with E-state index in [1.807, 2.05) is 12.1 Å². The van der Waals surface area contributed by atoms with Gasteiger partial charge in [-0.15, -0.1) is 0 Å². The topological polar surface area (TPSA) is 49.3 Å². The molecule has 0 aliphatic heterocycles. The smallest absolute Gasteiger partial charge is 0.193 e. The highest BCUT2D eigenvalue weighted by Gasteiger charge is 2.24. The van der Waals surface area contributed by atoms with Gasteiger partial charge in [0.05, 0.1) is 0 Å². The Kier molecular flexibility index (Phi) is 6.89. The number of hydrogen-bond acceptors (Lipinski definition) is 3. The molecule has 0 fully saturated rings. The molecule has 3 nitrogen and oxygen atoms in total. The zero-order valence-corrected chi connectivity index (χ0v) is 12.9. The van der Waals surface area contributed by atoms with Crippen molar-refractivity contribution in [1.82, 2.24) is 5.32 Å². The first-order valence-electron chi connectivity index (χ1n) is 7.52. The number of rotatable bonds is 9. The fourth-order valence-electron chi connectivity index (χ4n) is 2.04. The molecule has 0 aliphatic rings. The molecule has 0 atom stereocenters. The van der Waals surface area contributed by atoms with E-state index in [4.69, 9.17) is 0 Å². The highest BCUT2D eigenvalue weighted by molar-refractivity contribution is 6.01. The quantitative estimate of drug-likeness (QED) is 0.538. The Balaban J connectivity index is 2.38. The summed E-state index contributed by atoms with van der Waals surface area (Å²) in [6.45, 7) is 7.10. The summed E-state index contributed by atoms with van der Waals surface area (Å²) >= 11 is 0. The minimum Gasteiger partial charge on any atom is -0.382 e. The normalized spacial score (nSPS) is 11.6. The Bertz CT molecular complexity index is 404. The molecule has 0 saturated carbocycles. The second-order valence-electron chi connectivity index (χ2n) is 5.82. The highest BCUT2D eigenvalue weighted by Crippen LogP contribution is 2.13. The third-order valence-corrected chi connectivity index (χ3v) is 3.31. The van der Waals surface area contributed by atoms with Crippen LogP contribution in [0, 0.1) is 0 Å². The lowest BCUT2D eigenvalue weighted by Crippen LogP contribution is -2.31. The van der Waals surface area contributed by atoms with Crippen LogP contribution in [0.4, 0.5) is 0 Å². The molecule has 0 amide bonds. The van der Waals surface area contributed by atoms with Crippen molar-refractivity contribution >= 4 is 5.78 Å². The summed E-state index contributed by atoms with van der Waals surface area (Å²) < 4.78 is 0. The molecule has 0 aliphatic carbocycles. The van der Waals surface area contributed by atoms with E-state index in [1.54, 1.807) is 12.1 Å². The number of nitrogens with one attached hydrogen (secondary N) is 1. The minimum atomic E-state index is -1.31. The Morgan fingerprint density at radius 3 is 2.35 bits per heavy atom. The molecule has 1 aromatic carbocycles. The Hall–Kier alpha value is -1.19. The van der Waals surface area contributed by atoms with Crippen LogP contribution < -0.4 is 5.32 Å². The van der Waals surface area contributed by atoms with Gasteiger partial charge in [0.25, 0.3) is 0 Å². The number of unbranched alkanes of at least 4 members (excludes halogenated alkanes) is 3. The molecule has 1 aromatic rings. The Labute approximate surface area is 122 Å². The summed E-state index contributed by atoms with van der Waals surface area (Å²) in [5.41, 5.74) is 0.413. The molecule has 0 spiro atoms. The van der Waals surface area contributed by atoms with Crippen LogP contribution in [-0.2, 0) is 6.54 Å². The molecule has 0 aromatic heterocycles. The highest BCUT2D eigenvalue weighted by atomic mass is 16.3. The van der Waals surface area contributed by atoms with Crippen LogP contribution >= 0.6 is 0 Å². The zero-order valence-electron chi connectivity index (χ0n) is 12.9. The minimum absolute atomic E-state index is 0.239. The van der Waals surface area contributed by atoms with Crippen molar-refractivity contribution in [3.8, 4) is 0 Å². The Morgan fingerprint density at radius 1 is 1.15 bits per heavy atom. The molecule has 1 rings (SSSR count). The summed E-state index contributed by atoms with van der Waals surface area (Å²) in [4.78, 5) is 11.9. The summed E-state index contributed by atoms with van der Waals surface area (Å²) in [7, 11) is 0. The third kappa shape index (κ3) is 5.85. The van der Waals surface area contributed by atoms with Gasteiger partial charge in [0, 0.05) is 12.1 Å². The van der Waals surface area contributed by atoms with Crippen LogP contribution in [0.3, 0.4) is 0 Å². The molecule has 3 heteroatoms. The van der Waals surface area contributed by atoms with Gasteiger partial charge in [-0.05, 0) is 32.4 Å². The van der Waals surface area contributed by atoms with E-state index in [9.17, 15) is 9.90 Å². The predicted octanol–water partition coefficient (Wildman–Crippen LogP) is 3.31. The molecule has 0 radical (unpaired) electrons. The van der Waals surface area contributed by atoms with E-state index < -0.39 is 5.60 Å². The molecule has 2 N–H and O–H groups in total. The standard InChI is InChI=1S/C17H27NO2/c1-4-5-6-7-12-18-13-14-8-10-15(11-9-14)16(19)17(2,3)20/h8-11,18,20H,4-7,12-13H2,1-3H3. The van der Waals surface area contributed by atoms with E-state index in [-0.39, 0.29) is 5.78 Å². The van der Waals surface area contributed by atoms with Gasteiger partial charge >= 0.3 is 0 Å². The molecule has 0 saturated heterocycles. The van der Waals surface area contributed by atoms with Crippen LogP contribution in [0.1, 0.15) is 62.4 Å². The van der Waals surface area contributed by atoms with Gasteiger partial charge in [0.2, 0.25) is 0 Å². The summed E-state index contributed by atoms with van der Waals surface area (Å²) in [6.07, 6.45) is 5.05. The lowest BCUT2D eigenvalue weighted by atomic mass is 9.96. The van der Waals surface area contributed by atoms with Crippen LogP contribution in [0.2, 0.25) is 0 Å². The van der Waals surface area contributed by atoms with Crippen LogP contribution in [0.25, 0.3) is 0 Å². The van der Waals surface area contributed by atoms with Crippen LogP contribution in [-0.4, -0.2) is 23.0 Å². The van der Waals surface area contributed by atoms with E-state index in [0.717, 1.165) is 18.7 Å². The second kappa shape index (κ2) is 8.18. The molecule has 112 valence electrons.